The summed E-state index contributed by atoms with van der Waals surface area (Å²) >= 11 is 0. The van der Waals surface area contributed by atoms with E-state index in [1.165, 1.54) is 51.6 Å². The Morgan fingerprint density at radius 3 is 2.07 bits per heavy atom. The summed E-state index contributed by atoms with van der Waals surface area (Å²) in [4.78, 5) is 2.72. The molecule has 84 valence electrons. The van der Waals surface area contributed by atoms with Gasteiger partial charge in [0.1, 0.15) is 0 Å². The van der Waals surface area contributed by atoms with Crippen LogP contribution >= 0.6 is 0 Å². The van der Waals surface area contributed by atoms with Crippen molar-refractivity contribution in [2.45, 2.75) is 65.3 Å². The number of likely N-dealkylation sites (tertiary alicyclic amines) is 1. The number of hydrogen-bond donors (Lipinski definition) is 0. The molecule has 0 spiro atoms. The van der Waals surface area contributed by atoms with E-state index in [1.54, 1.807) is 0 Å². The van der Waals surface area contributed by atoms with Gasteiger partial charge in [0.25, 0.3) is 0 Å². The highest BCUT2D eigenvalue weighted by Gasteiger charge is 2.19. The quantitative estimate of drug-likeness (QED) is 0.664. The van der Waals surface area contributed by atoms with Crippen molar-refractivity contribution in [1.29, 1.82) is 0 Å². The van der Waals surface area contributed by atoms with Gasteiger partial charge in [-0.05, 0) is 45.2 Å². The van der Waals surface area contributed by atoms with Crippen molar-refractivity contribution in [3.63, 3.8) is 0 Å². The molecule has 0 aromatic heterocycles. The zero-order valence-corrected chi connectivity index (χ0v) is 10.3. The molecule has 0 aromatic rings. The average molecular weight is 197 g/mol. The zero-order chi connectivity index (χ0) is 10.4. The molecule has 1 saturated heterocycles. The van der Waals surface area contributed by atoms with E-state index in [4.69, 9.17) is 0 Å². The number of nitrogens with zero attached hydrogens (tertiary/aromatic N) is 1. The lowest BCUT2D eigenvalue weighted by Gasteiger charge is -2.32. The molecule has 0 saturated carbocycles. The van der Waals surface area contributed by atoms with Crippen molar-refractivity contribution in [3.05, 3.63) is 0 Å². The van der Waals surface area contributed by atoms with Gasteiger partial charge in [-0.15, -0.1) is 0 Å². The highest BCUT2D eigenvalue weighted by Crippen LogP contribution is 2.19. The molecule has 0 aliphatic carbocycles. The molecular formula is C13H27N. The molecule has 0 radical (unpaired) electrons. The first-order chi connectivity index (χ1) is 6.75. The van der Waals surface area contributed by atoms with Gasteiger partial charge in [0.05, 0.1) is 0 Å². The molecule has 0 aromatic carbocycles. The van der Waals surface area contributed by atoms with Gasteiger partial charge in [-0.2, -0.15) is 0 Å². The Morgan fingerprint density at radius 1 is 1.00 bits per heavy atom. The lowest BCUT2D eigenvalue weighted by atomic mass is 9.97. The Bertz CT molecular complexity index is 136. The van der Waals surface area contributed by atoms with Crippen molar-refractivity contribution in [2.24, 2.45) is 5.92 Å². The van der Waals surface area contributed by atoms with E-state index in [-0.39, 0.29) is 0 Å². The Labute approximate surface area is 89.9 Å². The maximum atomic E-state index is 2.72. The molecule has 0 N–H and O–H groups in total. The van der Waals surface area contributed by atoms with E-state index < -0.39 is 0 Å². The molecule has 1 aliphatic rings. The second-order valence-corrected chi connectivity index (χ2v) is 4.96. The first kappa shape index (κ1) is 12.0. The fourth-order valence-corrected chi connectivity index (χ4v) is 2.56. The molecule has 0 bridgehead atoms. The largest absolute Gasteiger partial charge is 0.300 e. The molecule has 1 heterocycles. The van der Waals surface area contributed by atoms with E-state index in [1.807, 2.05) is 0 Å². The summed E-state index contributed by atoms with van der Waals surface area (Å²) in [6, 6.07) is 0.799. The van der Waals surface area contributed by atoms with Crippen LogP contribution in [0.5, 0.6) is 0 Å². The Balaban J connectivity index is 2.36. The summed E-state index contributed by atoms with van der Waals surface area (Å²) in [5.41, 5.74) is 0. The van der Waals surface area contributed by atoms with Crippen LogP contribution in [0.3, 0.4) is 0 Å². The molecule has 0 amide bonds. The van der Waals surface area contributed by atoms with E-state index in [9.17, 15) is 0 Å². The molecule has 2 unspecified atom stereocenters. The van der Waals surface area contributed by atoms with E-state index in [0.717, 1.165) is 12.0 Å². The summed E-state index contributed by atoms with van der Waals surface area (Å²) in [5, 5.41) is 0. The predicted octanol–water partition coefficient (Wildman–Crippen LogP) is 3.69. The predicted molar refractivity (Wildman–Crippen MR) is 63.6 cm³/mol. The third-order valence-electron chi connectivity index (χ3n) is 3.78. The SMILES string of the molecule is CCCC(C)C(C)N1CCCCCC1. The first-order valence-corrected chi connectivity index (χ1v) is 6.49. The fraction of sp³-hybridized carbons (Fsp3) is 1.00. The van der Waals surface area contributed by atoms with Crippen molar-refractivity contribution in [2.75, 3.05) is 13.1 Å². The zero-order valence-electron chi connectivity index (χ0n) is 10.3. The van der Waals surface area contributed by atoms with Crippen LogP contribution in [0.1, 0.15) is 59.3 Å². The highest BCUT2D eigenvalue weighted by molar-refractivity contribution is 4.74. The van der Waals surface area contributed by atoms with Gasteiger partial charge in [-0.25, -0.2) is 0 Å². The molecular weight excluding hydrogens is 170 g/mol. The molecule has 1 aliphatic heterocycles. The maximum Gasteiger partial charge on any atom is 0.00925 e. The summed E-state index contributed by atoms with van der Waals surface area (Å²) in [5.74, 6) is 0.873. The minimum absolute atomic E-state index is 0.799. The minimum atomic E-state index is 0.799. The monoisotopic (exact) mass is 197 g/mol. The minimum Gasteiger partial charge on any atom is -0.300 e. The number of rotatable bonds is 4. The molecule has 1 rings (SSSR count). The Kier molecular flexibility index (Phi) is 5.54. The number of hydrogen-bond acceptors (Lipinski definition) is 1. The van der Waals surface area contributed by atoms with Crippen LogP contribution in [-0.4, -0.2) is 24.0 Å². The van der Waals surface area contributed by atoms with E-state index >= 15 is 0 Å². The normalized spacial score (nSPS) is 24.2. The standard InChI is InChI=1S/C13H27N/c1-4-9-12(2)13(3)14-10-7-5-6-8-11-14/h12-13H,4-11H2,1-3H3. The molecule has 1 fully saturated rings. The van der Waals surface area contributed by atoms with Crippen molar-refractivity contribution in [1.82, 2.24) is 4.90 Å². The van der Waals surface area contributed by atoms with E-state index in [0.29, 0.717) is 0 Å². The Hall–Kier alpha value is -0.0400. The van der Waals surface area contributed by atoms with Crippen LogP contribution in [0.2, 0.25) is 0 Å². The highest BCUT2D eigenvalue weighted by atomic mass is 15.1. The average Bonchev–Trinajstić information content (AvgIpc) is 2.45. The second kappa shape index (κ2) is 6.44. The van der Waals surface area contributed by atoms with Gasteiger partial charge in [0.15, 0.2) is 0 Å². The fourth-order valence-electron chi connectivity index (χ4n) is 2.56. The van der Waals surface area contributed by atoms with Gasteiger partial charge in [0.2, 0.25) is 0 Å². The third-order valence-corrected chi connectivity index (χ3v) is 3.78. The smallest absolute Gasteiger partial charge is 0.00925 e. The van der Waals surface area contributed by atoms with Crippen LogP contribution in [0.25, 0.3) is 0 Å². The van der Waals surface area contributed by atoms with Gasteiger partial charge in [-0.3, -0.25) is 0 Å². The summed E-state index contributed by atoms with van der Waals surface area (Å²) in [6.45, 7) is 9.82. The van der Waals surface area contributed by atoms with Crippen LogP contribution in [-0.2, 0) is 0 Å². The molecule has 2 atom stereocenters. The maximum absolute atomic E-state index is 2.72. The van der Waals surface area contributed by atoms with Crippen LogP contribution in [0, 0.1) is 5.92 Å². The molecule has 1 nitrogen and oxygen atoms in total. The van der Waals surface area contributed by atoms with Crippen molar-refractivity contribution >= 4 is 0 Å². The second-order valence-electron chi connectivity index (χ2n) is 4.96. The lowest BCUT2D eigenvalue weighted by Crippen LogP contribution is -2.38. The third kappa shape index (κ3) is 3.61. The van der Waals surface area contributed by atoms with Gasteiger partial charge < -0.3 is 4.90 Å². The summed E-state index contributed by atoms with van der Waals surface area (Å²) in [7, 11) is 0. The Morgan fingerprint density at radius 2 is 1.57 bits per heavy atom. The van der Waals surface area contributed by atoms with Gasteiger partial charge in [-0.1, -0.05) is 33.1 Å². The van der Waals surface area contributed by atoms with E-state index in [2.05, 4.69) is 25.7 Å². The van der Waals surface area contributed by atoms with Gasteiger partial charge in [0, 0.05) is 6.04 Å². The van der Waals surface area contributed by atoms with Crippen LogP contribution in [0.4, 0.5) is 0 Å². The lowest BCUT2D eigenvalue weighted by molar-refractivity contribution is 0.161. The summed E-state index contributed by atoms with van der Waals surface area (Å²) < 4.78 is 0. The van der Waals surface area contributed by atoms with Crippen LogP contribution < -0.4 is 0 Å². The first-order valence-electron chi connectivity index (χ1n) is 6.49. The molecule has 1 heteroatoms. The summed E-state index contributed by atoms with van der Waals surface area (Å²) in [6.07, 6.45) is 8.46. The van der Waals surface area contributed by atoms with Crippen molar-refractivity contribution in [3.8, 4) is 0 Å². The topological polar surface area (TPSA) is 3.24 Å². The van der Waals surface area contributed by atoms with Crippen molar-refractivity contribution < 1.29 is 0 Å². The van der Waals surface area contributed by atoms with Gasteiger partial charge >= 0.3 is 0 Å². The molecule has 14 heavy (non-hydrogen) atoms. The van der Waals surface area contributed by atoms with Crippen LogP contribution in [0.15, 0.2) is 0 Å².